The van der Waals surface area contributed by atoms with E-state index in [0.717, 1.165) is 29.5 Å². The van der Waals surface area contributed by atoms with Crippen molar-refractivity contribution in [1.82, 2.24) is 5.32 Å². The van der Waals surface area contributed by atoms with E-state index >= 15 is 0 Å². The molecule has 0 aliphatic heterocycles. The molecule has 0 amide bonds. The first-order chi connectivity index (χ1) is 9.79. The van der Waals surface area contributed by atoms with Crippen LogP contribution in [0.3, 0.4) is 0 Å². The topological polar surface area (TPSA) is 32.3 Å². The summed E-state index contributed by atoms with van der Waals surface area (Å²) in [6.07, 6.45) is 1.63. The highest BCUT2D eigenvalue weighted by atomic mass is 19.1. The van der Waals surface area contributed by atoms with Crippen LogP contribution in [0.15, 0.2) is 48.5 Å². The van der Waals surface area contributed by atoms with Gasteiger partial charge in [0, 0.05) is 6.04 Å². The molecule has 104 valence electrons. The van der Waals surface area contributed by atoms with E-state index in [1.807, 2.05) is 36.4 Å². The number of fused-ring (bicyclic) bond motifs is 1. The Kier molecular flexibility index (Phi) is 3.81. The number of rotatable bonds is 4. The van der Waals surface area contributed by atoms with Gasteiger partial charge in [-0.15, -0.1) is 0 Å². The van der Waals surface area contributed by atoms with Crippen molar-refractivity contribution in [2.24, 2.45) is 0 Å². The van der Waals surface area contributed by atoms with Crippen molar-refractivity contribution in [3.8, 4) is 0 Å². The maximum Gasteiger partial charge on any atom is 0.126 e. The van der Waals surface area contributed by atoms with Crippen molar-refractivity contribution >= 4 is 0 Å². The molecule has 2 N–H and O–H groups in total. The highest BCUT2D eigenvalue weighted by Gasteiger charge is 2.26. The fourth-order valence-corrected chi connectivity index (χ4v) is 2.97. The van der Waals surface area contributed by atoms with Crippen molar-refractivity contribution in [3.63, 3.8) is 0 Å². The molecule has 2 nitrogen and oxygen atoms in total. The molecule has 0 aromatic heterocycles. The maximum absolute atomic E-state index is 13.7. The number of nitrogens with one attached hydrogen (secondary N) is 1. The molecule has 0 fully saturated rings. The second-order valence-electron chi connectivity index (χ2n) is 5.21. The summed E-state index contributed by atoms with van der Waals surface area (Å²) in [7, 11) is 0. The first-order valence-corrected chi connectivity index (χ1v) is 6.98. The Balaban J connectivity index is 1.81. The molecule has 1 unspecified atom stereocenters. The third kappa shape index (κ3) is 2.47. The molecule has 1 aliphatic carbocycles. The zero-order chi connectivity index (χ0) is 13.9. The zero-order valence-electron chi connectivity index (χ0n) is 11.2. The summed E-state index contributed by atoms with van der Waals surface area (Å²) >= 11 is 0. The van der Waals surface area contributed by atoms with Crippen LogP contribution in [0.2, 0.25) is 0 Å². The highest BCUT2D eigenvalue weighted by molar-refractivity contribution is 5.36. The molecular weight excluding hydrogens is 253 g/mol. The summed E-state index contributed by atoms with van der Waals surface area (Å²) < 4.78 is 13.7. The van der Waals surface area contributed by atoms with Gasteiger partial charge in [-0.25, -0.2) is 4.39 Å². The monoisotopic (exact) mass is 271 g/mol. The summed E-state index contributed by atoms with van der Waals surface area (Å²) in [4.78, 5) is 0. The van der Waals surface area contributed by atoms with Crippen molar-refractivity contribution in [3.05, 3.63) is 71.0 Å². The van der Waals surface area contributed by atoms with Crippen LogP contribution in [0.4, 0.5) is 4.39 Å². The Morgan fingerprint density at radius 2 is 1.95 bits per heavy atom. The Bertz CT molecular complexity index is 585. The van der Waals surface area contributed by atoms with Crippen LogP contribution in [0, 0.1) is 5.82 Å². The van der Waals surface area contributed by atoms with Gasteiger partial charge in [-0.3, -0.25) is 0 Å². The molecule has 0 saturated carbocycles. The molecule has 3 rings (SSSR count). The zero-order valence-corrected chi connectivity index (χ0v) is 11.2. The Morgan fingerprint density at radius 3 is 2.70 bits per heavy atom. The van der Waals surface area contributed by atoms with E-state index in [4.69, 9.17) is 0 Å². The van der Waals surface area contributed by atoms with Gasteiger partial charge in [0.2, 0.25) is 0 Å². The van der Waals surface area contributed by atoms with Crippen LogP contribution in [-0.2, 0) is 6.42 Å². The molecule has 1 aliphatic rings. The minimum atomic E-state index is -0.118. The molecule has 2 atom stereocenters. The molecular formula is C17H18FNO. The summed E-state index contributed by atoms with van der Waals surface area (Å²) in [5.74, 6) is -0.118. The standard InChI is InChI=1S/C17H18FNO/c18-15-8-4-7-14-13(15)9-10-16(14)19-17(11-20)12-5-2-1-3-6-12/h1-8,16-17,19-20H,9-11H2/t16?,17-/m0/s1. The molecule has 0 heterocycles. The molecule has 0 saturated heterocycles. The lowest BCUT2D eigenvalue weighted by molar-refractivity contribution is 0.233. The second kappa shape index (κ2) is 5.73. The Labute approximate surface area is 118 Å². The highest BCUT2D eigenvalue weighted by Crippen LogP contribution is 2.34. The molecule has 2 aromatic carbocycles. The molecule has 0 spiro atoms. The number of hydrogen-bond acceptors (Lipinski definition) is 2. The molecule has 3 heteroatoms. The normalized spacial score (nSPS) is 18.8. The molecule has 20 heavy (non-hydrogen) atoms. The average Bonchev–Trinajstić information content (AvgIpc) is 2.90. The average molecular weight is 271 g/mol. The minimum Gasteiger partial charge on any atom is -0.394 e. The predicted molar refractivity (Wildman–Crippen MR) is 76.9 cm³/mol. The Morgan fingerprint density at radius 1 is 1.15 bits per heavy atom. The van der Waals surface area contributed by atoms with Crippen LogP contribution >= 0.6 is 0 Å². The first kappa shape index (κ1) is 13.3. The number of aliphatic hydroxyl groups excluding tert-OH is 1. The minimum absolute atomic E-state index is 0.0329. The summed E-state index contributed by atoms with van der Waals surface area (Å²) in [6.45, 7) is 0.0329. The van der Waals surface area contributed by atoms with E-state index in [1.54, 1.807) is 6.07 Å². The number of benzene rings is 2. The van der Waals surface area contributed by atoms with Gasteiger partial charge in [0.1, 0.15) is 5.82 Å². The van der Waals surface area contributed by atoms with Crippen LogP contribution in [0.5, 0.6) is 0 Å². The molecule has 0 bridgehead atoms. The lowest BCUT2D eigenvalue weighted by Crippen LogP contribution is -2.27. The van der Waals surface area contributed by atoms with Crippen LogP contribution in [-0.4, -0.2) is 11.7 Å². The van der Waals surface area contributed by atoms with Crippen LogP contribution in [0.25, 0.3) is 0 Å². The van der Waals surface area contributed by atoms with Gasteiger partial charge in [-0.2, -0.15) is 0 Å². The van der Waals surface area contributed by atoms with Gasteiger partial charge >= 0.3 is 0 Å². The fraction of sp³-hybridized carbons (Fsp3) is 0.294. The van der Waals surface area contributed by atoms with Gasteiger partial charge in [0.05, 0.1) is 12.6 Å². The van der Waals surface area contributed by atoms with E-state index in [2.05, 4.69) is 5.32 Å². The van der Waals surface area contributed by atoms with Crippen molar-refractivity contribution in [2.75, 3.05) is 6.61 Å². The fourth-order valence-electron chi connectivity index (χ4n) is 2.97. The van der Waals surface area contributed by atoms with E-state index in [-0.39, 0.29) is 24.5 Å². The smallest absolute Gasteiger partial charge is 0.126 e. The lowest BCUT2D eigenvalue weighted by atomic mass is 10.0. The van der Waals surface area contributed by atoms with Gasteiger partial charge in [-0.1, -0.05) is 42.5 Å². The molecule has 0 radical (unpaired) electrons. The number of halogens is 1. The van der Waals surface area contributed by atoms with Crippen molar-refractivity contribution in [2.45, 2.75) is 24.9 Å². The third-order valence-corrected chi connectivity index (χ3v) is 4.00. The summed E-state index contributed by atoms with van der Waals surface area (Å²) in [5.41, 5.74) is 2.90. The van der Waals surface area contributed by atoms with Gasteiger partial charge in [0.25, 0.3) is 0 Å². The largest absolute Gasteiger partial charge is 0.394 e. The second-order valence-corrected chi connectivity index (χ2v) is 5.21. The van der Waals surface area contributed by atoms with Gasteiger partial charge in [-0.05, 0) is 35.6 Å². The van der Waals surface area contributed by atoms with Gasteiger partial charge < -0.3 is 10.4 Å². The van der Waals surface area contributed by atoms with E-state index in [9.17, 15) is 9.50 Å². The van der Waals surface area contributed by atoms with Crippen molar-refractivity contribution in [1.29, 1.82) is 0 Å². The summed E-state index contributed by atoms with van der Waals surface area (Å²) in [6, 6.07) is 15.1. The Hall–Kier alpha value is -1.71. The van der Waals surface area contributed by atoms with E-state index < -0.39 is 0 Å². The first-order valence-electron chi connectivity index (χ1n) is 6.98. The SMILES string of the molecule is OC[C@H](NC1CCc2c(F)cccc21)c1ccccc1. The molecule has 2 aromatic rings. The lowest BCUT2D eigenvalue weighted by Gasteiger charge is -2.22. The summed E-state index contributed by atoms with van der Waals surface area (Å²) in [5, 5.41) is 13.1. The van der Waals surface area contributed by atoms with E-state index in [0.29, 0.717) is 0 Å². The van der Waals surface area contributed by atoms with Crippen LogP contribution in [0.1, 0.15) is 35.2 Å². The van der Waals surface area contributed by atoms with Crippen molar-refractivity contribution < 1.29 is 9.50 Å². The van der Waals surface area contributed by atoms with Crippen LogP contribution < -0.4 is 5.32 Å². The maximum atomic E-state index is 13.7. The quantitative estimate of drug-likeness (QED) is 0.895. The number of hydrogen-bond donors (Lipinski definition) is 2. The predicted octanol–water partition coefficient (Wildman–Crippen LogP) is 3.14. The number of aliphatic hydroxyl groups is 1. The van der Waals surface area contributed by atoms with E-state index in [1.165, 1.54) is 6.07 Å². The van der Waals surface area contributed by atoms with Gasteiger partial charge in [0.15, 0.2) is 0 Å². The third-order valence-electron chi connectivity index (χ3n) is 4.00.